The summed E-state index contributed by atoms with van der Waals surface area (Å²) in [6.45, 7) is 4.43. The molecule has 0 aliphatic carbocycles. The molecule has 0 aliphatic rings. The van der Waals surface area contributed by atoms with E-state index in [4.69, 9.17) is 23.3 Å². The third-order valence-electron chi connectivity index (χ3n) is 12.8. The van der Waals surface area contributed by atoms with Crippen molar-refractivity contribution in [1.29, 1.82) is 0 Å². The van der Waals surface area contributed by atoms with E-state index >= 15 is 0 Å². The van der Waals surface area contributed by atoms with Gasteiger partial charge in [0.1, 0.15) is 12.7 Å². The number of hydrogen-bond donors (Lipinski definition) is 2. The van der Waals surface area contributed by atoms with Crippen molar-refractivity contribution in [2.45, 2.75) is 277 Å². The highest BCUT2D eigenvalue weighted by Crippen LogP contribution is 2.43. The van der Waals surface area contributed by atoms with Crippen LogP contribution in [0.2, 0.25) is 0 Å². The van der Waals surface area contributed by atoms with E-state index in [9.17, 15) is 28.9 Å². The lowest BCUT2D eigenvalue weighted by Gasteiger charge is -2.21. The number of carbonyl (C=O) groups is 3. The summed E-state index contributed by atoms with van der Waals surface area (Å²) < 4.78 is 39.6. The number of phosphoric ester groups is 1. The Morgan fingerprint density at radius 1 is 0.382 bits per heavy atom. The van der Waals surface area contributed by atoms with E-state index in [1.165, 1.54) is 83.5 Å². The van der Waals surface area contributed by atoms with Gasteiger partial charge in [-0.05, 0) is 109 Å². The van der Waals surface area contributed by atoms with E-state index in [0.717, 1.165) is 122 Å². The molecule has 11 nitrogen and oxygen atoms in total. The van der Waals surface area contributed by atoms with Crippen LogP contribution in [-0.2, 0) is 42.2 Å². The van der Waals surface area contributed by atoms with Gasteiger partial charge in [-0.2, -0.15) is 0 Å². The van der Waals surface area contributed by atoms with Gasteiger partial charge in [0, 0.05) is 19.3 Å². The number of aliphatic hydroxyl groups excluding tert-OH is 1. The first-order chi connectivity index (χ1) is 37.2. The Balaban J connectivity index is 4.76. The summed E-state index contributed by atoms with van der Waals surface area (Å²) in [6, 6.07) is 0. The maximum atomic E-state index is 12.9. The fourth-order valence-corrected chi connectivity index (χ4v) is 8.93. The lowest BCUT2D eigenvalue weighted by atomic mass is 10.1. The topological polar surface area (TPSA) is 155 Å². The van der Waals surface area contributed by atoms with E-state index < -0.39 is 57.8 Å². The maximum absolute atomic E-state index is 12.9. The van der Waals surface area contributed by atoms with E-state index in [1.54, 1.807) is 0 Å². The van der Waals surface area contributed by atoms with Crippen LogP contribution >= 0.6 is 7.82 Å². The number of phosphoric acid groups is 1. The Bertz CT molecular complexity index is 1600. The van der Waals surface area contributed by atoms with Crippen LogP contribution < -0.4 is 0 Å². The van der Waals surface area contributed by atoms with Gasteiger partial charge in [0.2, 0.25) is 0 Å². The second kappa shape index (κ2) is 57.8. The lowest BCUT2D eigenvalue weighted by molar-refractivity contribution is -0.161. The minimum atomic E-state index is -4.76. The predicted molar refractivity (Wildman–Crippen MR) is 316 cm³/mol. The molecule has 438 valence electrons. The quantitative estimate of drug-likeness (QED) is 0.0197. The second-order valence-electron chi connectivity index (χ2n) is 20.1. The van der Waals surface area contributed by atoms with Gasteiger partial charge in [0.25, 0.3) is 0 Å². The Morgan fingerprint density at radius 3 is 1.12 bits per heavy atom. The molecule has 12 heteroatoms. The summed E-state index contributed by atoms with van der Waals surface area (Å²) in [5, 5.41) is 9.82. The number of allylic oxidation sites excluding steroid dienone is 14. The third kappa shape index (κ3) is 55.4. The van der Waals surface area contributed by atoms with Crippen molar-refractivity contribution in [3.8, 4) is 0 Å². The highest BCUT2D eigenvalue weighted by molar-refractivity contribution is 7.47. The first kappa shape index (κ1) is 72.7. The van der Waals surface area contributed by atoms with Crippen molar-refractivity contribution in [2.75, 3.05) is 26.4 Å². The zero-order valence-corrected chi connectivity index (χ0v) is 49.3. The van der Waals surface area contributed by atoms with Crippen LogP contribution in [0.25, 0.3) is 0 Å². The summed E-state index contributed by atoms with van der Waals surface area (Å²) in [4.78, 5) is 48.6. The number of esters is 3. The first-order valence-corrected chi connectivity index (χ1v) is 32.0. The van der Waals surface area contributed by atoms with Crippen molar-refractivity contribution in [3.05, 3.63) is 85.1 Å². The van der Waals surface area contributed by atoms with Gasteiger partial charge >= 0.3 is 25.7 Å². The van der Waals surface area contributed by atoms with Gasteiger partial charge < -0.3 is 24.2 Å². The minimum absolute atomic E-state index is 0.136. The zero-order valence-electron chi connectivity index (χ0n) is 48.5. The summed E-state index contributed by atoms with van der Waals surface area (Å²) in [6.07, 6.45) is 66.8. The molecule has 0 aromatic heterocycles. The van der Waals surface area contributed by atoms with Crippen molar-refractivity contribution < 1.29 is 52.2 Å². The molecule has 0 aromatic rings. The minimum Gasteiger partial charge on any atom is -0.462 e. The largest absolute Gasteiger partial charge is 0.472 e. The molecule has 0 heterocycles. The molecule has 0 radical (unpaired) electrons. The van der Waals surface area contributed by atoms with Gasteiger partial charge in [-0.3, -0.25) is 23.4 Å². The summed E-state index contributed by atoms with van der Waals surface area (Å²) in [5.74, 6) is -1.51. The fraction of sp³-hybridized carbons (Fsp3) is 0.734. The van der Waals surface area contributed by atoms with Crippen molar-refractivity contribution in [1.82, 2.24) is 0 Å². The van der Waals surface area contributed by atoms with Crippen LogP contribution in [0.3, 0.4) is 0 Å². The molecule has 0 amide bonds. The van der Waals surface area contributed by atoms with E-state index in [2.05, 4.69) is 106 Å². The predicted octanol–water partition coefficient (Wildman–Crippen LogP) is 18.3. The molecule has 0 saturated carbocycles. The van der Waals surface area contributed by atoms with E-state index in [0.29, 0.717) is 19.3 Å². The SMILES string of the molecule is CC/C=C\C/C=C\C/C=C\C/C=C\CCCCCCC(=O)OC(COC(=O)CCCCCCCCCCC/C=C\CCCCCCCC)COP(=O)(O)OCC(CO)OC(=O)CCCCCCC/C=C\C/C=C\CCC. The molecule has 3 atom stereocenters. The highest BCUT2D eigenvalue weighted by atomic mass is 31.2. The molecule has 0 rings (SSSR count). The molecule has 0 aromatic carbocycles. The maximum Gasteiger partial charge on any atom is 0.472 e. The molecular formula is C64H111O11P. The molecule has 2 N–H and O–H groups in total. The zero-order chi connectivity index (χ0) is 55.5. The van der Waals surface area contributed by atoms with Gasteiger partial charge in [0.05, 0.1) is 19.8 Å². The standard InChI is InChI=1S/C64H111O11P/c1-4-7-10-13-16-19-22-25-27-29-30-32-33-36-38-41-44-47-50-53-62(66)71-57-61(75-64(68)55-52-49-46-43-40-37-34-31-28-26-23-20-17-14-11-8-5-2)59-73-76(69,70)72-58-60(56-65)74-63(67)54-51-48-45-42-39-35-24-21-18-15-12-9-6-3/h8,11-12,15,17,20-21,24-28,34,37,60-61,65H,4-7,9-10,13-14,16,18-19,22-23,29-33,35-36,38-59H2,1-3H3,(H,69,70)/b11-8-,15-12-,20-17-,24-21-,27-25-,28-26-,37-34-. The monoisotopic (exact) mass is 1090 g/mol. The average Bonchev–Trinajstić information content (AvgIpc) is 3.41. The van der Waals surface area contributed by atoms with Gasteiger partial charge in [-0.1, -0.05) is 221 Å². The number of carbonyl (C=O) groups excluding carboxylic acids is 3. The number of rotatable bonds is 56. The molecule has 0 aliphatic heterocycles. The van der Waals surface area contributed by atoms with Crippen LogP contribution in [0.4, 0.5) is 0 Å². The first-order valence-electron chi connectivity index (χ1n) is 30.5. The molecule has 0 bridgehead atoms. The van der Waals surface area contributed by atoms with Crippen LogP contribution in [0, 0.1) is 0 Å². The smallest absolute Gasteiger partial charge is 0.462 e. The fourth-order valence-electron chi connectivity index (χ4n) is 8.14. The summed E-state index contributed by atoms with van der Waals surface area (Å²) in [5.41, 5.74) is 0. The summed E-state index contributed by atoms with van der Waals surface area (Å²) >= 11 is 0. The van der Waals surface area contributed by atoms with Crippen LogP contribution in [0.5, 0.6) is 0 Å². The highest BCUT2D eigenvalue weighted by Gasteiger charge is 2.28. The van der Waals surface area contributed by atoms with Gasteiger partial charge in [-0.25, -0.2) is 4.57 Å². The van der Waals surface area contributed by atoms with Crippen molar-refractivity contribution in [2.24, 2.45) is 0 Å². The van der Waals surface area contributed by atoms with Gasteiger partial charge in [-0.15, -0.1) is 0 Å². The molecule has 0 saturated heterocycles. The van der Waals surface area contributed by atoms with E-state index in [-0.39, 0.29) is 25.9 Å². The molecule has 0 fully saturated rings. The second-order valence-corrected chi connectivity index (χ2v) is 21.6. The Hall–Kier alpha value is -3.34. The van der Waals surface area contributed by atoms with Crippen LogP contribution in [-0.4, -0.2) is 66.5 Å². The van der Waals surface area contributed by atoms with Crippen molar-refractivity contribution >= 4 is 25.7 Å². The molecule has 76 heavy (non-hydrogen) atoms. The Kier molecular flexibility index (Phi) is 55.3. The number of unbranched alkanes of at least 4 members (excludes halogenated alkanes) is 25. The molecule has 3 unspecified atom stereocenters. The normalized spacial score (nSPS) is 13.9. The van der Waals surface area contributed by atoms with Crippen LogP contribution in [0.15, 0.2) is 85.1 Å². The Labute approximate surface area is 464 Å². The number of aliphatic hydroxyl groups is 1. The molecule has 0 spiro atoms. The third-order valence-corrected chi connectivity index (χ3v) is 13.7. The molecular weight excluding hydrogens is 976 g/mol. The Morgan fingerprint density at radius 2 is 0.711 bits per heavy atom. The lowest BCUT2D eigenvalue weighted by Crippen LogP contribution is -2.30. The van der Waals surface area contributed by atoms with Crippen LogP contribution in [0.1, 0.15) is 265 Å². The number of hydrogen-bond acceptors (Lipinski definition) is 10. The van der Waals surface area contributed by atoms with E-state index in [1.807, 2.05) is 0 Å². The summed E-state index contributed by atoms with van der Waals surface area (Å²) in [7, 11) is -4.76. The van der Waals surface area contributed by atoms with Gasteiger partial charge in [0.15, 0.2) is 6.10 Å². The average molecular weight is 1090 g/mol. The number of ether oxygens (including phenoxy) is 3. The van der Waals surface area contributed by atoms with Crippen molar-refractivity contribution in [3.63, 3.8) is 0 Å².